The Kier molecular flexibility index (Phi) is 4.17. The molecular weight excluding hydrogens is 198 g/mol. The van der Waals surface area contributed by atoms with Gasteiger partial charge in [0.15, 0.2) is 0 Å². The van der Waals surface area contributed by atoms with Gasteiger partial charge >= 0.3 is 0 Å². The minimum Gasteiger partial charge on any atom is -0.366 e. The number of aromatic nitrogens is 1. The highest BCUT2D eigenvalue weighted by atomic mass is 35.5. The van der Waals surface area contributed by atoms with Gasteiger partial charge < -0.3 is 10.2 Å². The zero-order valence-corrected chi connectivity index (χ0v) is 9.13. The molecule has 2 heterocycles. The van der Waals surface area contributed by atoms with E-state index in [0.717, 1.165) is 19.6 Å². The number of rotatable bonds is 1. The predicted octanol–water partition coefficient (Wildman–Crippen LogP) is 1.30. The summed E-state index contributed by atoms with van der Waals surface area (Å²) in [6.45, 7) is 5.48. The Morgan fingerprint density at radius 1 is 1.43 bits per heavy atom. The fraction of sp³-hybridized carbons (Fsp3) is 0.500. The van der Waals surface area contributed by atoms with Gasteiger partial charge in [-0.15, -0.1) is 12.4 Å². The van der Waals surface area contributed by atoms with Crippen LogP contribution < -0.4 is 10.2 Å². The Morgan fingerprint density at radius 3 is 2.79 bits per heavy atom. The molecule has 4 heteroatoms. The summed E-state index contributed by atoms with van der Waals surface area (Å²) in [5.41, 5.74) is 1.28. The van der Waals surface area contributed by atoms with Crippen molar-refractivity contribution in [2.24, 2.45) is 0 Å². The maximum absolute atomic E-state index is 4.02. The van der Waals surface area contributed by atoms with E-state index in [1.807, 2.05) is 12.4 Å². The second-order valence-electron chi connectivity index (χ2n) is 3.45. The highest BCUT2D eigenvalue weighted by Crippen LogP contribution is 2.16. The molecule has 1 fully saturated rings. The summed E-state index contributed by atoms with van der Waals surface area (Å²) in [5, 5.41) is 3.38. The first kappa shape index (κ1) is 11.3. The number of anilines is 1. The van der Waals surface area contributed by atoms with Crippen LogP contribution in [0.4, 0.5) is 5.69 Å². The van der Waals surface area contributed by atoms with Crippen molar-refractivity contribution >= 4 is 18.1 Å². The summed E-state index contributed by atoms with van der Waals surface area (Å²) in [6.07, 6.45) is 3.70. The van der Waals surface area contributed by atoms with Crippen LogP contribution in [0.1, 0.15) is 6.92 Å². The second-order valence-corrected chi connectivity index (χ2v) is 3.45. The molecule has 14 heavy (non-hydrogen) atoms. The highest BCUT2D eigenvalue weighted by molar-refractivity contribution is 5.85. The van der Waals surface area contributed by atoms with Crippen LogP contribution in [0.3, 0.4) is 0 Å². The van der Waals surface area contributed by atoms with Crippen molar-refractivity contribution in [1.29, 1.82) is 0 Å². The summed E-state index contributed by atoms with van der Waals surface area (Å²) in [7, 11) is 0. The van der Waals surface area contributed by atoms with E-state index < -0.39 is 0 Å². The Balaban J connectivity index is 0.000000980. The summed E-state index contributed by atoms with van der Waals surface area (Å²) >= 11 is 0. The van der Waals surface area contributed by atoms with Gasteiger partial charge in [-0.1, -0.05) is 0 Å². The van der Waals surface area contributed by atoms with Crippen molar-refractivity contribution < 1.29 is 0 Å². The van der Waals surface area contributed by atoms with Gasteiger partial charge in [0.2, 0.25) is 0 Å². The lowest BCUT2D eigenvalue weighted by Crippen LogP contribution is -2.49. The van der Waals surface area contributed by atoms with Crippen LogP contribution in [0, 0.1) is 0 Å². The number of hydrogen-bond donors (Lipinski definition) is 1. The number of piperazine rings is 1. The molecule has 0 aliphatic carbocycles. The van der Waals surface area contributed by atoms with Crippen LogP contribution >= 0.6 is 12.4 Å². The molecule has 1 aliphatic heterocycles. The van der Waals surface area contributed by atoms with Crippen LogP contribution in [0.2, 0.25) is 0 Å². The molecule has 0 spiro atoms. The maximum atomic E-state index is 4.02. The van der Waals surface area contributed by atoms with Crippen molar-refractivity contribution in [3.8, 4) is 0 Å². The van der Waals surface area contributed by atoms with E-state index in [1.54, 1.807) is 0 Å². The Morgan fingerprint density at radius 2 is 2.14 bits per heavy atom. The molecule has 78 valence electrons. The van der Waals surface area contributed by atoms with E-state index in [9.17, 15) is 0 Å². The van der Waals surface area contributed by atoms with Gasteiger partial charge in [-0.05, 0) is 19.1 Å². The molecule has 1 atom stereocenters. The second kappa shape index (κ2) is 5.17. The first-order chi connectivity index (χ1) is 6.38. The first-order valence-electron chi connectivity index (χ1n) is 4.75. The van der Waals surface area contributed by atoms with E-state index in [4.69, 9.17) is 0 Å². The van der Waals surface area contributed by atoms with E-state index >= 15 is 0 Å². The molecular formula is C10H16ClN3. The predicted molar refractivity (Wildman–Crippen MR) is 61.2 cm³/mol. The minimum atomic E-state index is 0. The van der Waals surface area contributed by atoms with Gasteiger partial charge in [-0.25, -0.2) is 0 Å². The number of pyridine rings is 1. The van der Waals surface area contributed by atoms with Crippen molar-refractivity contribution in [2.75, 3.05) is 24.5 Å². The van der Waals surface area contributed by atoms with Gasteiger partial charge in [0, 0.05) is 43.8 Å². The lowest BCUT2D eigenvalue weighted by atomic mass is 10.2. The summed E-state index contributed by atoms with van der Waals surface area (Å²) in [6, 6.07) is 4.72. The highest BCUT2D eigenvalue weighted by Gasteiger charge is 2.17. The van der Waals surface area contributed by atoms with Crippen LogP contribution in [0.15, 0.2) is 24.5 Å². The first-order valence-corrected chi connectivity index (χ1v) is 4.75. The third kappa shape index (κ3) is 2.36. The van der Waals surface area contributed by atoms with Gasteiger partial charge in [-0.2, -0.15) is 0 Å². The average Bonchev–Trinajstić information content (AvgIpc) is 2.20. The quantitative estimate of drug-likeness (QED) is 0.763. The van der Waals surface area contributed by atoms with Gasteiger partial charge in [-0.3, -0.25) is 4.98 Å². The van der Waals surface area contributed by atoms with Crippen molar-refractivity contribution in [3.05, 3.63) is 24.5 Å². The van der Waals surface area contributed by atoms with Crippen LogP contribution in [-0.4, -0.2) is 30.7 Å². The van der Waals surface area contributed by atoms with E-state index in [2.05, 4.69) is 34.3 Å². The normalized spacial score (nSPS) is 21.5. The summed E-state index contributed by atoms with van der Waals surface area (Å²) < 4.78 is 0. The zero-order valence-electron chi connectivity index (χ0n) is 8.31. The van der Waals surface area contributed by atoms with Crippen LogP contribution in [-0.2, 0) is 0 Å². The van der Waals surface area contributed by atoms with Crippen molar-refractivity contribution in [1.82, 2.24) is 10.3 Å². The zero-order chi connectivity index (χ0) is 9.10. The van der Waals surface area contributed by atoms with Crippen LogP contribution in [0.25, 0.3) is 0 Å². The summed E-state index contributed by atoms with van der Waals surface area (Å²) in [5.74, 6) is 0. The third-order valence-corrected chi connectivity index (χ3v) is 2.50. The van der Waals surface area contributed by atoms with E-state index in [1.165, 1.54) is 5.69 Å². The smallest absolute Gasteiger partial charge is 0.0400 e. The number of halogens is 1. The molecule has 1 aromatic rings. The van der Waals surface area contributed by atoms with E-state index in [-0.39, 0.29) is 12.4 Å². The Bertz CT molecular complexity index is 265. The van der Waals surface area contributed by atoms with Gasteiger partial charge in [0.1, 0.15) is 0 Å². The lowest BCUT2D eigenvalue weighted by molar-refractivity contribution is 0.501. The van der Waals surface area contributed by atoms with Gasteiger partial charge in [0.25, 0.3) is 0 Å². The fourth-order valence-electron chi connectivity index (χ4n) is 1.76. The molecule has 1 aliphatic rings. The standard InChI is InChI=1S/C10H15N3.ClH/c1-9-8-12-6-7-13(9)10-2-4-11-5-3-10;/h2-5,9,12H,6-8H2,1H3;1H. The Hall–Kier alpha value is -0.800. The number of nitrogens with zero attached hydrogens (tertiary/aromatic N) is 2. The van der Waals surface area contributed by atoms with E-state index in [0.29, 0.717) is 6.04 Å². The molecule has 1 N–H and O–H groups in total. The lowest BCUT2D eigenvalue weighted by Gasteiger charge is -2.35. The molecule has 0 amide bonds. The molecule has 1 aromatic heterocycles. The average molecular weight is 214 g/mol. The maximum Gasteiger partial charge on any atom is 0.0400 e. The molecule has 3 nitrogen and oxygen atoms in total. The van der Waals surface area contributed by atoms with Gasteiger partial charge in [0.05, 0.1) is 0 Å². The number of nitrogens with one attached hydrogen (secondary N) is 1. The van der Waals surface area contributed by atoms with Crippen molar-refractivity contribution in [2.45, 2.75) is 13.0 Å². The molecule has 1 saturated heterocycles. The SMILES string of the molecule is CC1CNCCN1c1ccncc1.Cl. The minimum absolute atomic E-state index is 0. The molecule has 0 aromatic carbocycles. The van der Waals surface area contributed by atoms with Crippen LogP contribution in [0.5, 0.6) is 0 Å². The Labute approximate surface area is 90.9 Å². The topological polar surface area (TPSA) is 28.2 Å². The largest absolute Gasteiger partial charge is 0.366 e. The third-order valence-electron chi connectivity index (χ3n) is 2.50. The van der Waals surface area contributed by atoms with Crippen molar-refractivity contribution in [3.63, 3.8) is 0 Å². The molecule has 0 radical (unpaired) electrons. The molecule has 2 rings (SSSR count). The molecule has 1 unspecified atom stereocenters. The summed E-state index contributed by atoms with van der Waals surface area (Å²) in [4.78, 5) is 6.44. The monoisotopic (exact) mass is 213 g/mol. The molecule has 0 saturated carbocycles. The molecule has 0 bridgehead atoms. The fourth-order valence-corrected chi connectivity index (χ4v) is 1.76. The number of hydrogen-bond acceptors (Lipinski definition) is 3.